The third-order valence-electron chi connectivity index (χ3n) is 5.33. The number of carbonyl (C=O) groups excluding carboxylic acids is 1. The molecule has 1 fully saturated rings. The lowest BCUT2D eigenvalue weighted by Crippen LogP contribution is -2.35. The van der Waals surface area contributed by atoms with Crippen LogP contribution in [-0.2, 0) is 10.4 Å². The Morgan fingerprint density at radius 2 is 2.00 bits per heavy atom. The normalized spacial score (nSPS) is 19.6. The summed E-state index contributed by atoms with van der Waals surface area (Å²) >= 11 is 0. The molecule has 1 aliphatic rings. The fraction of sp³-hybridized carbons (Fsp3) is 0.190. The summed E-state index contributed by atoms with van der Waals surface area (Å²) < 4.78 is 7.19. The molecule has 1 aromatic carbocycles. The number of carbonyl (C=O) groups is 1. The van der Waals surface area contributed by atoms with Gasteiger partial charge in [-0.1, -0.05) is 23.4 Å². The summed E-state index contributed by atoms with van der Waals surface area (Å²) in [6.07, 6.45) is 3.96. The third kappa shape index (κ3) is 2.44. The largest absolute Gasteiger partial charge is 0.373 e. The first kappa shape index (κ1) is 16.7. The van der Waals surface area contributed by atoms with Crippen LogP contribution in [0.2, 0.25) is 0 Å². The van der Waals surface area contributed by atoms with Gasteiger partial charge in [-0.15, -0.1) is 0 Å². The maximum Gasteiger partial charge on any atom is 0.262 e. The first-order valence-corrected chi connectivity index (χ1v) is 9.04. The van der Waals surface area contributed by atoms with E-state index in [9.17, 15) is 9.90 Å². The molecule has 1 amide bonds. The number of fused-ring (bicyclic) bond motifs is 1. The number of aliphatic hydroxyl groups is 1. The van der Waals surface area contributed by atoms with E-state index >= 15 is 0 Å². The summed E-state index contributed by atoms with van der Waals surface area (Å²) in [6.45, 7) is 0.483. The van der Waals surface area contributed by atoms with Gasteiger partial charge in [0.25, 0.3) is 5.91 Å². The number of hydrogen-bond donors (Lipinski definition) is 1. The Hall–Kier alpha value is -3.45. The predicted octanol–water partition coefficient (Wildman–Crippen LogP) is 2.71. The maximum atomic E-state index is 12.3. The van der Waals surface area contributed by atoms with E-state index in [0.717, 1.165) is 22.2 Å². The van der Waals surface area contributed by atoms with Gasteiger partial charge in [0, 0.05) is 49.6 Å². The molecule has 4 heterocycles. The molecular formula is C21H18N4O3. The molecular weight excluding hydrogens is 356 g/mol. The van der Waals surface area contributed by atoms with E-state index in [0.29, 0.717) is 18.7 Å². The highest BCUT2D eigenvalue weighted by atomic mass is 16.5. The molecule has 0 bridgehead atoms. The van der Waals surface area contributed by atoms with Gasteiger partial charge >= 0.3 is 0 Å². The molecule has 1 unspecified atom stereocenters. The summed E-state index contributed by atoms with van der Waals surface area (Å²) in [5, 5.41) is 19.1. The van der Waals surface area contributed by atoms with Gasteiger partial charge in [0.15, 0.2) is 5.76 Å². The summed E-state index contributed by atoms with van der Waals surface area (Å²) in [5.74, 6) is -0.183. The SMILES string of the molecule is CN1CCC(O)(c2cc(-c3cccc(-c4ccn5ncccc45)c3)no2)C1=O. The van der Waals surface area contributed by atoms with Gasteiger partial charge in [-0.3, -0.25) is 4.79 Å². The van der Waals surface area contributed by atoms with Gasteiger partial charge in [0.2, 0.25) is 5.60 Å². The second kappa shape index (κ2) is 6.03. The predicted molar refractivity (Wildman–Crippen MR) is 102 cm³/mol. The molecule has 0 saturated carbocycles. The van der Waals surface area contributed by atoms with Crippen molar-refractivity contribution in [3.63, 3.8) is 0 Å². The molecule has 1 atom stereocenters. The Bertz CT molecular complexity index is 1200. The van der Waals surface area contributed by atoms with E-state index in [1.54, 1.807) is 19.3 Å². The molecule has 7 nitrogen and oxygen atoms in total. The zero-order chi connectivity index (χ0) is 19.3. The van der Waals surface area contributed by atoms with Crippen LogP contribution in [0, 0.1) is 0 Å². The van der Waals surface area contributed by atoms with Crippen molar-refractivity contribution in [2.45, 2.75) is 12.0 Å². The van der Waals surface area contributed by atoms with Gasteiger partial charge in [-0.2, -0.15) is 5.10 Å². The van der Waals surface area contributed by atoms with Gasteiger partial charge < -0.3 is 14.5 Å². The van der Waals surface area contributed by atoms with Crippen LogP contribution < -0.4 is 0 Å². The summed E-state index contributed by atoms with van der Waals surface area (Å²) in [5.41, 5.74) is 2.88. The summed E-state index contributed by atoms with van der Waals surface area (Å²) in [4.78, 5) is 13.8. The fourth-order valence-corrected chi connectivity index (χ4v) is 3.72. The van der Waals surface area contributed by atoms with Gasteiger partial charge in [-0.05, 0) is 29.8 Å². The minimum Gasteiger partial charge on any atom is -0.373 e. The zero-order valence-electron chi connectivity index (χ0n) is 15.2. The summed E-state index contributed by atoms with van der Waals surface area (Å²) in [6, 6.07) is 15.5. The van der Waals surface area contributed by atoms with E-state index in [1.807, 2.05) is 53.2 Å². The second-order valence-corrected chi connectivity index (χ2v) is 7.08. The number of likely N-dealkylation sites (N-methyl/N-ethyl adjacent to an activating group) is 1. The molecule has 0 aliphatic carbocycles. The lowest BCUT2D eigenvalue weighted by atomic mass is 9.97. The standard InChI is InChI=1S/C21H18N4O3/c1-24-11-8-21(27,20(24)26)19-13-17(23-28-19)15-5-2-4-14(12-15)16-7-10-25-18(16)6-3-9-22-25/h2-7,9-10,12-13,27H,8,11H2,1H3. The molecule has 1 saturated heterocycles. The van der Waals surface area contributed by atoms with Crippen molar-refractivity contribution in [2.75, 3.05) is 13.6 Å². The number of aromatic nitrogens is 3. The van der Waals surface area contributed by atoms with E-state index in [1.165, 1.54) is 4.90 Å². The number of nitrogens with zero attached hydrogens (tertiary/aromatic N) is 4. The van der Waals surface area contributed by atoms with Crippen LogP contribution in [0.4, 0.5) is 0 Å². The van der Waals surface area contributed by atoms with Crippen LogP contribution in [0.3, 0.4) is 0 Å². The van der Waals surface area contributed by atoms with Gasteiger partial charge in [0.05, 0.1) is 5.52 Å². The molecule has 4 aromatic rings. The first-order chi connectivity index (χ1) is 13.6. The van der Waals surface area contributed by atoms with E-state index in [2.05, 4.69) is 10.3 Å². The van der Waals surface area contributed by atoms with Crippen LogP contribution in [0.25, 0.3) is 27.9 Å². The number of rotatable bonds is 3. The summed E-state index contributed by atoms with van der Waals surface area (Å²) in [7, 11) is 1.66. The lowest BCUT2D eigenvalue weighted by Gasteiger charge is -2.16. The molecule has 1 aliphatic heterocycles. The lowest BCUT2D eigenvalue weighted by molar-refractivity contribution is -0.144. The van der Waals surface area contributed by atoms with Crippen molar-refractivity contribution in [2.24, 2.45) is 0 Å². The van der Waals surface area contributed by atoms with Crippen LogP contribution >= 0.6 is 0 Å². The maximum absolute atomic E-state index is 12.3. The molecule has 7 heteroatoms. The van der Waals surface area contributed by atoms with Crippen molar-refractivity contribution in [3.8, 4) is 22.4 Å². The van der Waals surface area contributed by atoms with Crippen molar-refractivity contribution in [1.82, 2.24) is 19.7 Å². The minimum atomic E-state index is -1.64. The second-order valence-electron chi connectivity index (χ2n) is 7.08. The molecule has 0 radical (unpaired) electrons. The van der Waals surface area contributed by atoms with Crippen molar-refractivity contribution < 1.29 is 14.4 Å². The van der Waals surface area contributed by atoms with Crippen molar-refractivity contribution in [1.29, 1.82) is 0 Å². The van der Waals surface area contributed by atoms with Gasteiger partial charge in [0.1, 0.15) is 5.69 Å². The average molecular weight is 374 g/mol. The van der Waals surface area contributed by atoms with E-state index < -0.39 is 5.60 Å². The Morgan fingerprint density at radius 3 is 2.82 bits per heavy atom. The zero-order valence-corrected chi connectivity index (χ0v) is 15.2. The fourth-order valence-electron chi connectivity index (χ4n) is 3.72. The number of amides is 1. The number of likely N-dealkylation sites (tertiary alicyclic amines) is 1. The molecule has 5 rings (SSSR count). The van der Waals surface area contributed by atoms with Crippen LogP contribution in [0.15, 0.2) is 65.4 Å². The topological polar surface area (TPSA) is 83.9 Å². The quantitative estimate of drug-likeness (QED) is 0.596. The Kier molecular flexibility index (Phi) is 3.60. The molecule has 0 spiro atoms. The number of benzene rings is 1. The van der Waals surface area contributed by atoms with Crippen molar-refractivity contribution >= 4 is 11.4 Å². The van der Waals surface area contributed by atoms with E-state index in [-0.39, 0.29) is 11.7 Å². The highest BCUT2D eigenvalue weighted by Gasteiger charge is 2.48. The average Bonchev–Trinajstić information content (AvgIpc) is 3.44. The monoisotopic (exact) mass is 374 g/mol. The van der Waals surface area contributed by atoms with Crippen LogP contribution in [0.5, 0.6) is 0 Å². The smallest absolute Gasteiger partial charge is 0.262 e. The van der Waals surface area contributed by atoms with Crippen molar-refractivity contribution in [3.05, 3.63) is 66.7 Å². The molecule has 28 heavy (non-hydrogen) atoms. The third-order valence-corrected chi connectivity index (χ3v) is 5.33. The Balaban J connectivity index is 1.53. The highest BCUT2D eigenvalue weighted by Crippen LogP contribution is 2.35. The molecule has 1 N–H and O–H groups in total. The molecule has 3 aromatic heterocycles. The van der Waals surface area contributed by atoms with Gasteiger partial charge in [-0.25, -0.2) is 4.52 Å². The number of hydrogen-bond acceptors (Lipinski definition) is 5. The molecule has 140 valence electrons. The highest BCUT2D eigenvalue weighted by molar-refractivity contribution is 5.88. The minimum absolute atomic E-state index is 0.181. The Morgan fingerprint density at radius 1 is 1.14 bits per heavy atom. The van der Waals surface area contributed by atoms with Crippen LogP contribution in [0.1, 0.15) is 12.2 Å². The van der Waals surface area contributed by atoms with Crippen LogP contribution in [-0.4, -0.2) is 44.3 Å². The van der Waals surface area contributed by atoms with E-state index in [4.69, 9.17) is 4.52 Å². The first-order valence-electron chi connectivity index (χ1n) is 9.04. The Labute approximate surface area is 160 Å².